The molecule has 4 aromatic rings. The van der Waals surface area contributed by atoms with Crippen LogP contribution in [0.3, 0.4) is 0 Å². The molecule has 0 saturated heterocycles. The number of nitrogens with one attached hydrogen (secondary N) is 2. The molecule has 9 heteroatoms. The molecule has 2 N–H and O–H groups in total. The molecule has 0 aromatic carbocycles. The van der Waals surface area contributed by atoms with Crippen molar-refractivity contribution < 1.29 is 13.9 Å². The SMILES string of the molecule is COc1ccc(Cc2ccc(C(=O)c3c[nH]c4ncnc(NC5CC5)c34)c(F)n2)cn1. The fourth-order valence-electron chi connectivity index (χ4n) is 3.40. The number of methoxy groups -OCH3 is 1. The summed E-state index contributed by atoms with van der Waals surface area (Å²) in [7, 11) is 1.54. The van der Waals surface area contributed by atoms with E-state index in [4.69, 9.17) is 4.74 Å². The first-order valence-electron chi connectivity index (χ1n) is 9.90. The number of anilines is 1. The van der Waals surface area contributed by atoms with Gasteiger partial charge in [0.2, 0.25) is 11.8 Å². The van der Waals surface area contributed by atoms with Gasteiger partial charge < -0.3 is 15.0 Å². The van der Waals surface area contributed by atoms with Gasteiger partial charge in [0.15, 0.2) is 5.78 Å². The number of carbonyl (C=O) groups is 1. The van der Waals surface area contributed by atoms with Gasteiger partial charge in [0, 0.05) is 36.6 Å². The Labute approximate surface area is 176 Å². The van der Waals surface area contributed by atoms with Gasteiger partial charge in [-0.15, -0.1) is 0 Å². The van der Waals surface area contributed by atoms with E-state index in [0.29, 0.717) is 46.5 Å². The zero-order valence-electron chi connectivity index (χ0n) is 16.7. The lowest BCUT2D eigenvalue weighted by Gasteiger charge is -2.08. The van der Waals surface area contributed by atoms with Crippen LogP contribution in [0.4, 0.5) is 10.2 Å². The molecule has 0 amide bonds. The number of H-pyrrole nitrogens is 1. The minimum Gasteiger partial charge on any atom is -0.481 e. The summed E-state index contributed by atoms with van der Waals surface area (Å²) in [6, 6.07) is 7.03. The maximum absolute atomic E-state index is 14.8. The first kappa shape index (κ1) is 19.1. The topological polar surface area (TPSA) is 106 Å². The lowest BCUT2D eigenvalue weighted by Crippen LogP contribution is -2.09. The summed E-state index contributed by atoms with van der Waals surface area (Å²) in [6.45, 7) is 0. The van der Waals surface area contributed by atoms with Gasteiger partial charge in [-0.2, -0.15) is 4.39 Å². The number of aromatic amines is 1. The van der Waals surface area contributed by atoms with E-state index in [9.17, 15) is 9.18 Å². The summed E-state index contributed by atoms with van der Waals surface area (Å²) in [6.07, 6.45) is 7.13. The van der Waals surface area contributed by atoms with Crippen LogP contribution in [0, 0.1) is 5.95 Å². The van der Waals surface area contributed by atoms with Crippen molar-refractivity contribution in [3.8, 4) is 5.88 Å². The van der Waals surface area contributed by atoms with Crippen molar-refractivity contribution in [2.45, 2.75) is 25.3 Å². The number of carbonyl (C=O) groups excluding carboxylic acids is 1. The number of hydrogen-bond donors (Lipinski definition) is 2. The number of fused-ring (bicyclic) bond motifs is 1. The van der Waals surface area contributed by atoms with Gasteiger partial charge in [-0.3, -0.25) is 4.79 Å². The second-order valence-electron chi connectivity index (χ2n) is 7.42. The molecular formula is C22H19FN6O2. The van der Waals surface area contributed by atoms with Gasteiger partial charge in [-0.1, -0.05) is 6.07 Å². The molecule has 0 spiro atoms. The second-order valence-corrected chi connectivity index (χ2v) is 7.42. The van der Waals surface area contributed by atoms with Crippen molar-refractivity contribution in [1.29, 1.82) is 0 Å². The van der Waals surface area contributed by atoms with E-state index in [0.717, 1.165) is 18.4 Å². The first-order chi connectivity index (χ1) is 15.1. The van der Waals surface area contributed by atoms with Gasteiger partial charge >= 0.3 is 0 Å². The van der Waals surface area contributed by atoms with E-state index in [1.165, 1.54) is 18.6 Å². The summed E-state index contributed by atoms with van der Waals surface area (Å²) in [4.78, 5) is 32.7. The molecule has 0 aliphatic heterocycles. The van der Waals surface area contributed by atoms with Gasteiger partial charge in [0.05, 0.1) is 23.6 Å². The van der Waals surface area contributed by atoms with E-state index in [1.54, 1.807) is 25.4 Å². The molecule has 0 bridgehead atoms. The fraction of sp³-hybridized carbons (Fsp3) is 0.227. The molecule has 8 nitrogen and oxygen atoms in total. The summed E-state index contributed by atoms with van der Waals surface area (Å²) in [5, 5.41) is 3.87. The van der Waals surface area contributed by atoms with Gasteiger partial charge in [0.1, 0.15) is 17.8 Å². The van der Waals surface area contributed by atoms with E-state index >= 15 is 0 Å². The average molecular weight is 418 g/mol. The highest BCUT2D eigenvalue weighted by molar-refractivity contribution is 6.18. The zero-order chi connectivity index (χ0) is 21.4. The number of halogens is 1. The second kappa shape index (κ2) is 7.75. The van der Waals surface area contributed by atoms with Crippen LogP contribution in [0.2, 0.25) is 0 Å². The molecule has 0 atom stereocenters. The summed E-state index contributed by atoms with van der Waals surface area (Å²) in [5.41, 5.74) is 2.10. The molecule has 4 heterocycles. The van der Waals surface area contributed by atoms with Gasteiger partial charge in [0.25, 0.3) is 0 Å². The molecule has 5 rings (SSSR count). The lowest BCUT2D eigenvalue weighted by atomic mass is 10.0. The third-order valence-electron chi connectivity index (χ3n) is 5.18. The highest BCUT2D eigenvalue weighted by atomic mass is 19.1. The molecule has 1 fully saturated rings. The smallest absolute Gasteiger partial charge is 0.224 e. The number of ether oxygens (including phenoxy) is 1. The first-order valence-corrected chi connectivity index (χ1v) is 9.90. The summed E-state index contributed by atoms with van der Waals surface area (Å²) < 4.78 is 19.8. The highest BCUT2D eigenvalue weighted by Gasteiger charge is 2.26. The third-order valence-corrected chi connectivity index (χ3v) is 5.18. The van der Waals surface area contributed by atoms with Crippen molar-refractivity contribution in [2.75, 3.05) is 12.4 Å². The molecule has 31 heavy (non-hydrogen) atoms. The fourth-order valence-corrected chi connectivity index (χ4v) is 3.40. The summed E-state index contributed by atoms with van der Waals surface area (Å²) in [5.74, 6) is -0.203. The van der Waals surface area contributed by atoms with E-state index in [2.05, 4.69) is 30.2 Å². The standard InChI is InChI=1S/C22H19FN6O2/c1-31-17-7-2-12(9-24-17)8-14-5-6-15(20(23)28-14)19(30)16-10-25-21-18(16)22(27-11-26-21)29-13-3-4-13/h2,5-7,9-11,13H,3-4,8H2,1H3,(H2,25,26,27,29). The van der Waals surface area contributed by atoms with Crippen LogP contribution in [-0.4, -0.2) is 43.9 Å². The Balaban J connectivity index is 1.43. The Bertz CT molecular complexity index is 1270. The molecule has 4 aromatic heterocycles. The number of aromatic nitrogens is 5. The minimum atomic E-state index is -0.813. The van der Waals surface area contributed by atoms with Crippen LogP contribution >= 0.6 is 0 Å². The molecule has 1 aliphatic carbocycles. The Hall–Kier alpha value is -3.88. The molecule has 1 saturated carbocycles. The van der Waals surface area contributed by atoms with E-state index in [-0.39, 0.29) is 5.56 Å². The van der Waals surface area contributed by atoms with Crippen LogP contribution in [-0.2, 0) is 6.42 Å². The Morgan fingerprint density at radius 2 is 2.06 bits per heavy atom. The molecule has 0 radical (unpaired) electrons. The molecule has 1 aliphatic rings. The largest absolute Gasteiger partial charge is 0.481 e. The number of nitrogens with zero attached hydrogens (tertiary/aromatic N) is 4. The number of hydrogen-bond acceptors (Lipinski definition) is 7. The van der Waals surface area contributed by atoms with Crippen molar-refractivity contribution in [2.24, 2.45) is 0 Å². The Morgan fingerprint density at radius 1 is 1.19 bits per heavy atom. The number of pyridine rings is 2. The number of rotatable bonds is 7. The van der Waals surface area contributed by atoms with Crippen LogP contribution in [0.5, 0.6) is 5.88 Å². The number of ketones is 1. The van der Waals surface area contributed by atoms with Crippen molar-refractivity contribution in [1.82, 2.24) is 24.9 Å². The predicted molar refractivity (Wildman–Crippen MR) is 112 cm³/mol. The quantitative estimate of drug-likeness (QED) is 0.350. The van der Waals surface area contributed by atoms with Gasteiger partial charge in [-0.05, 0) is 30.5 Å². The molecular weight excluding hydrogens is 399 g/mol. The van der Waals surface area contributed by atoms with Crippen LogP contribution in [0.1, 0.15) is 40.0 Å². The van der Waals surface area contributed by atoms with Crippen LogP contribution < -0.4 is 10.1 Å². The van der Waals surface area contributed by atoms with Crippen molar-refractivity contribution in [3.05, 3.63) is 71.3 Å². The average Bonchev–Trinajstić information content (AvgIpc) is 3.49. The summed E-state index contributed by atoms with van der Waals surface area (Å²) >= 11 is 0. The molecule has 0 unspecified atom stereocenters. The predicted octanol–water partition coefficient (Wildman–Crippen LogP) is 3.29. The lowest BCUT2D eigenvalue weighted by molar-refractivity contribution is 0.103. The maximum atomic E-state index is 14.8. The third kappa shape index (κ3) is 3.81. The monoisotopic (exact) mass is 418 g/mol. The minimum absolute atomic E-state index is 0.0984. The maximum Gasteiger partial charge on any atom is 0.224 e. The molecule has 156 valence electrons. The normalized spacial score (nSPS) is 13.4. The van der Waals surface area contributed by atoms with Crippen LogP contribution in [0.25, 0.3) is 11.0 Å². The van der Waals surface area contributed by atoms with Crippen molar-refractivity contribution in [3.63, 3.8) is 0 Å². The van der Waals surface area contributed by atoms with Gasteiger partial charge in [-0.25, -0.2) is 19.9 Å². The zero-order valence-corrected chi connectivity index (χ0v) is 16.7. The highest BCUT2D eigenvalue weighted by Crippen LogP contribution is 2.30. The van der Waals surface area contributed by atoms with E-state index < -0.39 is 11.7 Å². The van der Waals surface area contributed by atoms with Crippen molar-refractivity contribution >= 4 is 22.6 Å². The van der Waals surface area contributed by atoms with Crippen LogP contribution in [0.15, 0.2) is 43.0 Å². The van der Waals surface area contributed by atoms with E-state index in [1.807, 2.05) is 6.07 Å². The Kier molecular flexibility index (Phi) is 4.78. The Morgan fingerprint density at radius 3 is 2.77 bits per heavy atom.